The molecule has 0 aliphatic heterocycles. The first kappa shape index (κ1) is 19.2. The van der Waals surface area contributed by atoms with Gasteiger partial charge in [-0.2, -0.15) is 0 Å². The molecule has 4 heteroatoms. The molecule has 0 radical (unpaired) electrons. The van der Waals surface area contributed by atoms with Crippen LogP contribution in [0.4, 0.5) is 5.69 Å². The molecule has 0 aliphatic carbocycles. The van der Waals surface area contributed by atoms with E-state index in [-0.39, 0.29) is 0 Å². The SMILES string of the molecule is COc1ccc(OC=C(C)/C(=N\c2ccccc2)Oc2ccc(C)cc2)cc1. The third kappa shape index (κ3) is 5.48. The van der Waals surface area contributed by atoms with Gasteiger partial charge in [0, 0.05) is 5.57 Å². The fourth-order valence-electron chi connectivity index (χ4n) is 2.39. The zero-order valence-electron chi connectivity index (χ0n) is 16.3. The van der Waals surface area contributed by atoms with Gasteiger partial charge >= 0.3 is 0 Å². The van der Waals surface area contributed by atoms with Crippen LogP contribution in [0, 0.1) is 6.92 Å². The monoisotopic (exact) mass is 373 g/mol. The van der Waals surface area contributed by atoms with Crippen LogP contribution in [-0.4, -0.2) is 13.0 Å². The number of rotatable bonds is 6. The summed E-state index contributed by atoms with van der Waals surface area (Å²) >= 11 is 0. The molecule has 0 bridgehead atoms. The first-order valence-electron chi connectivity index (χ1n) is 9.00. The summed E-state index contributed by atoms with van der Waals surface area (Å²) < 4.78 is 17.0. The highest BCUT2D eigenvalue weighted by Crippen LogP contribution is 2.20. The molecule has 0 unspecified atom stereocenters. The minimum Gasteiger partial charge on any atom is -0.497 e. The van der Waals surface area contributed by atoms with Crippen LogP contribution < -0.4 is 14.2 Å². The summed E-state index contributed by atoms with van der Waals surface area (Å²) in [5.74, 6) is 2.68. The van der Waals surface area contributed by atoms with Crippen molar-refractivity contribution in [2.45, 2.75) is 13.8 Å². The van der Waals surface area contributed by atoms with Crippen molar-refractivity contribution in [3.05, 3.63) is 96.3 Å². The summed E-state index contributed by atoms with van der Waals surface area (Å²) in [7, 11) is 1.63. The summed E-state index contributed by atoms with van der Waals surface area (Å²) in [4.78, 5) is 4.64. The average molecular weight is 373 g/mol. The minimum atomic E-state index is 0.476. The van der Waals surface area contributed by atoms with Gasteiger partial charge in [0.1, 0.15) is 17.2 Å². The first-order chi connectivity index (χ1) is 13.6. The number of aryl methyl sites for hydroxylation is 1. The van der Waals surface area contributed by atoms with Gasteiger partial charge in [-0.3, -0.25) is 0 Å². The van der Waals surface area contributed by atoms with Crippen molar-refractivity contribution in [3.63, 3.8) is 0 Å². The predicted molar refractivity (Wildman–Crippen MR) is 113 cm³/mol. The van der Waals surface area contributed by atoms with E-state index in [1.165, 1.54) is 5.56 Å². The normalized spacial score (nSPS) is 11.8. The Hall–Kier alpha value is -3.53. The zero-order chi connectivity index (χ0) is 19.8. The zero-order valence-corrected chi connectivity index (χ0v) is 16.3. The molecule has 0 heterocycles. The summed E-state index contributed by atoms with van der Waals surface area (Å²) in [5.41, 5.74) is 2.74. The van der Waals surface area contributed by atoms with Crippen molar-refractivity contribution in [1.29, 1.82) is 0 Å². The Labute approximate surface area is 165 Å². The predicted octanol–water partition coefficient (Wildman–Crippen LogP) is 6.10. The van der Waals surface area contributed by atoms with E-state index in [2.05, 4.69) is 4.99 Å². The van der Waals surface area contributed by atoms with E-state index >= 15 is 0 Å². The fourth-order valence-corrected chi connectivity index (χ4v) is 2.39. The lowest BCUT2D eigenvalue weighted by atomic mass is 10.2. The highest BCUT2D eigenvalue weighted by molar-refractivity contribution is 5.96. The van der Waals surface area contributed by atoms with Crippen LogP contribution in [0.2, 0.25) is 0 Å². The van der Waals surface area contributed by atoms with Gasteiger partial charge in [-0.1, -0.05) is 35.9 Å². The lowest BCUT2D eigenvalue weighted by Gasteiger charge is -2.11. The van der Waals surface area contributed by atoms with Crippen molar-refractivity contribution >= 4 is 11.6 Å². The quantitative estimate of drug-likeness (QED) is 0.298. The van der Waals surface area contributed by atoms with Gasteiger partial charge in [0.05, 0.1) is 19.1 Å². The molecule has 4 nitrogen and oxygen atoms in total. The summed E-state index contributed by atoms with van der Waals surface area (Å²) in [6, 6.07) is 24.9. The largest absolute Gasteiger partial charge is 0.497 e. The number of ether oxygens (including phenoxy) is 3. The van der Waals surface area contributed by atoms with Crippen LogP contribution in [0.5, 0.6) is 17.2 Å². The second-order valence-electron chi connectivity index (χ2n) is 6.26. The van der Waals surface area contributed by atoms with Crippen LogP contribution in [0.15, 0.2) is 95.7 Å². The van der Waals surface area contributed by atoms with Gasteiger partial charge in [0.25, 0.3) is 0 Å². The Kier molecular flexibility index (Phi) is 6.47. The first-order valence-corrected chi connectivity index (χ1v) is 9.00. The molecule has 0 aromatic heterocycles. The van der Waals surface area contributed by atoms with Crippen molar-refractivity contribution in [2.75, 3.05) is 7.11 Å². The van der Waals surface area contributed by atoms with Crippen LogP contribution in [0.1, 0.15) is 12.5 Å². The van der Waals surface area contributed by atoms with Gasteiger partial charge < -0.3 is 14.2 Å². The van der Waals surface area contributed by atoms with Crippen LogP contribution in [-0.2, 0) is 0 Å². The molecule has 3 aromatic rings. The van der Waals surface area contributed by atoms with Crippen molar-refractivity contribution < 1.29 is 14.2 Å². The van der Waals surface area contributed by atoms with Gasteiger partial charge in [-0.15, -0.1) is 0 Å². The van der Waals surface area contributed by atoms with E-state index in [1.807, 2.05) is 92.7 Å². The minimum absolute atomic E-state index is 0.476. The molecule has 0 saturated carbocycles. The van der Waals surface area contributed by atoms with E-state index < -0.39 is 0 Å². The molecule has 0 atom stereocenters. The van der Waals surface area contributed by atoms with E-state index in [0.717, 1.165) is 22.8 Å². The number of benzene rings is 3. The number of methoxy groups -OCH3 is 1. The smallest absolute Gasteiger partial charge is 0.225 e. The Balaban J connectivity index is 1.83. The lowest BCUT2D eigenvalue weighted by molar-refractivity contribution is 0.412. The molecule has 28 heavy (non-hydrogen) atoms. The van der Waals surface area contributed by atoms with Crippen molar-refractivity contribution in [1.82, 2.24) is 0 Å². The molecule has 0 N–H and O–H groups in total. The van der Waals surface area contributed by atoms with Gasteiger partial charge in [0.15, 0.2) is 0 Å². The molecule has 0 aliphatic rings. The molecule has 0 fully saturated rings. The standard InChI is InChI=1S/C24H23NO3/c1-18-9-11-23(12-10-18)28-24(25-20-7-5-4-6-8-20)19(2)17-27-22-15-13-21(26-3)14-16-22/h4-17H,1-3H3/b19-17?,25-24+. The molecule has 0 amide bonds. The van der Waals surface area contributed by atoms with E-state index in [9.17, 15) is 0 Å². The highest BCUT2D eigenvalue weighted by Gasteiger charge is 2.08. The number of hydrogen-bond acceptors (Lipinski definition) is 4. The molecule has 142 valence electrons. The van der Waals surface area contributed by atoms with Crippen molar-refractivity contribution in [3.8, 4) is 17.2 Å². The Bertz CT molecular complexity index is 943. The Morgan fingerprint density at radius 1 is 0.786 bits per heavy atom. The van der Waals surface area contributed by atoms with Crippen molar-refractivity contribution in [2.24, 2.45) is 4.99 Å². The Morgan fingerprint density at radius 3 is 2.04 bits per heavy atom. The maximum atomic E-state index is 6.04. The number of aliphatic imine (C=N–C) groups is 1. The third-order valence-electron chi connectivity index (χ3n) is 3.99. The van der Waals surface area contributed by atoms with E-state index in [0.29, 0.717) is 11.6 Å². The molecule has 0 saturated heterocycles. The summed E-state index contributed by atoms with van der Waals surface area (Å²) in [5, 5.41) is 0. The van der Waals surface area contributed by atoms with Gasteiger partial charge in [-0.05, 0) is 62.4 Å². The number of hydrogen-bond donors (Lipinski definition) is 0. The molecule has 0 spiro atoms. The van der Waals surface area contributed by atoms with Gasteiger partial charge in [-0.25, -0.2) is 4.99 Å². The molecule has 3 rings (SSSR count). The Morgan fingerprint density at radius 2 is 1.39 bits per heavy atom. The second kappa shape index (κ2) is 9.42. The molecular formula is C24H23NO3. The number of para-hydroxylation sites is 1. The fraction of sp³-hybridized carbons (Fsp3) is 0.125. The van der Waals surface area contributed by atoms with Crippen LogP contribution >= 0.6 is 0 Å². The second-order valence-corrected chi connectivity index (χ2v) is 6.26. The highest BCUT2D eigenvalue weighted by atomic mass is 16.5. The maximum absolute atomic E-state index is 6.04. The average Bonchev–Trinajstić information content (AvgIpc) is 2.74. The van der Waals surface area contributed by atoms with E-state index in [4.69, 9.17) is 14.2 Å². The number of nitrogens with zero attached hydrogens (tertiary/aromatic N) is 1. The summed E-state index contributed by atoms with van der Waals surface area (Å²) in [6.45, 7) is 3.94. The van der Waals surface area contributed by atoms with Crippen LogP contribution in [0.3, 0.4) is 0 Å². The van der Waals surface area contributed by atoms with E-state index in [1.54, 1.807) is 13.4 Å². The van der Waals surface area contributed by atoms with Gasteiger partial charge in [0.2, 0.25) is 5.90 Å². The third-order valence-corrected chi connectivity index (χ3v) is 3.99. The topological polar surface area (TPSA) is 40.0 Å². The van der Waals surface area contributed by atoms with Crippen LogP contribution in [0.25, 0.3) is 0 Å². The molecule has 3 aromatic carbocycles. The lowest BCUT2D eigenvalue weighted by Crippen LogP contribution is -2.11. The molecular weight excluding hydrogens is 350 g/mol. The maximum Gasteiger partial charge on any atom is 0.225 e. The summed E-state index contributed by atoms with van der Waals surface area (Å²) in [6.07, 6.45) is 1.64.